The van der Waals surface area contributed by atoms with Gasteiger partial charge in [-0.15, -0.1) is 11.3 Å². The zero-order valence-electron chi connectivity index (χ0n) is 14.5. The second-order valence-corrected chi connectivity index (χ2v) is 8.19. The summed E-state index contributed by atoms with van der Waals surface area (Å²) in [7, 11) is 2.17. The zero-order chi connectivity index (χ0) is 16.4. The van der Waals surface area contributed by atoms with Crippen LogP contribution < -0.4 is 5.32 Å². The highest BCUT2D eigenvalue weighted by Gasteiger charge is 2.26. The second kappa shape index (κ2) is 7.28. The van der Waals surface area contributed by atoms with Crippen molar-refractivity contribution in [3.8, 4) is 0 Å². The number of nitrogens with zero attached hydrogens (tertiary/aromatic N) is 3. The average Bonchev–Trinajstić information content (AvgIpc) is 3.10. The van der Waals surface area contributed by atoms with Gasteiger partial charge in [0.1, 0.15) is 0 Å². The molecule has 1 saturated heterocycles. The molecule has 1 fully saturated rings. The first-order valence-electron chi connectivity index (χ1n) is 8.74. The van der Waals surface area contributed by atoms with E-state index in [9.17, 15) is 4.79 Å². The van der Waals surface area contributed by atoms with Crippen molar-refractivity contribution in [2.45, 2.75) is 39.2 Å². The number of nitrogens with one attached hydrogen (secondary N) is 1. The fraction of sp³-hybridized carbons (Fsp3) is 0.765. The molecule has 0 spiro atoms. The molecule has 0 bridgehead atoms. The molecule has 1 N–H and O–H groups in total. The van der Waals surface area contributed by atoms with Crippen molar-refractivity contribution in [3.05, 3.63) is 15.6 Å². The summed E-state index contributed by atoms with van der Waals surface area (Å²) in [5, 5.41) is 3.78. The SMILES string of the molecule is CC(C)[C@H](CNC(=O)c1nc2c(s1)CCC2)N1CCN(C)CC1. The van der Waals surface area contributed by atoms with E-state index in [1.807, 2.05) is 0 Å². The van der Waals surface area contributed by atoms with E-state index in [1.165, 1.54) is 11.3 Å². The maximum atomic E-state index is 12.4. The van der Waals surface area contributed by atoms with Crippen molar-refractivity contribution >= 4 is 17.2 Å². The Morgan fingerprint density at radius 1 is 1.26 bits per heavy atom. The van der Waals surface area contributed by atoms with E-state index in [4.69, 9.17) is 0 Å². The van der Waals surface area contributed by atoms with Gasteiger partial charge in [-0.3, -0.25) is 9.69 Å². The van der Waals surface area contributed by atoms with Gasteiger partial charge < -0.3 is 10.2 Å². The fourth-order valence-electron chi connectivity index (χ4n) is 3.50. The molecule has 23 heavy (non-hydrogen) atoms. The molecule has 3 rings (SSSR count). The lowest BCUT2D eigenvalue weighted by atomic mass is 10.0. The quantitative estimate of drug-likeness (QED) is 0.888. The molecule has 1 aromatic heterocycles. The van der Waals surface area contributed by atoms with Gasteiger partial charge in [-0.05, 0) is 32.2 Å². The van der Waals surface area contributed by atoms with Gasteiger partial charge in [-0.25, -0.2) is 4.98 Å². The predicted molar refractivity (Wildman–Crippen MR) is 94.2 cm³/mol. The van der Waals surface area contributed by atoms with Crippen molar-refractivity contribution in [2.75, 3.05) is 39.8 Å². The Kier molecular flexibility index (Phi) is 5.34. The maximum absolute atomic E-state index is 12.4. The van der Waals surface area contributed by atoms with Crippen molar-refractivity contribution < 1.29 is 4.79 Å². The summed E-state index contributed by atoms with van der Waals surface area (Å²) >= 11 is 1.58. The van der Waals surface area contributed by atoms with Gasteiger partial charge in [0.15, 0.2) is 5.01 Å². The Hall–Kier alpha value is -0.980. The molecule has 2 heterocycles. The highest BCUT2D eigenvalue weighted by molar-refractivity contribution is 7.13. The summed E-state index contributed by atoms with van der Waals surface area (Å²) in [6, 6.07) is 0.402. The Balaban J connectivity index is 1.56. The number of aryl methyl sites for hydroxylation is 2. The Bertz CT molecular complexity index is 527. The van der Waals surface area contributed by atoms with Gasteiger partial charge in [-0.2, -0.15) is 0 Å². The number of rotatable bonds is 5. The lowest BCUT2D eigenvalue weighted by Gasteiger charge is -2.39. The lowest BCUT2D eigenvalue weighted by Crippen LogP contribution is -2.54. The summed E-state index contributed by atoms with van der Waals surface area (Å²) in [4.78, 5) is 23.1. The van der Waals surface area contributed by atoms with Crippen molar-refractivity contribution in [1.29, 1.82) is 0 Å². The number of carbonyl (C=O) groups is 1. The van der Waals surface area contributed by atoms with Gasteiger partial charge in [0.05, 0.1) is 5.69 Å². The number of hydrogen-bond acceptors (Lipinski definition) is 5. The van der Waals surface area contributed by atoms with E-state index in [2.05, 4.69) is 41.0 Å². The molecule has 6 heteroatoms. The first-order chi connectivity index (χ1) is 11.0. The van der Waals surface area contributed by atoms with E-state index >= 15 is 0 Å². The van der Waals surface area contributed by atoms with Crippen LogP contribution in [0.4, 0.5) is 0 Å². The van der Waals surface area contributed by atoms with E-state index in [0.717, 1.165) is 44.7 Å². The van der Waals surface area contributed by atoms with Crippen LogP contribution in [-0.2, 0) is 12.8 Å². The molecule has 1 aromatic rings. The molecule has 2 aliphatic rings. The number of likely N-dealkylation sites (N-methyl/N-ethyl adjacent to an activating group) is 1. The predicted octanol–water partition coefficient (Wildman–Crippen LogP) is 1.63. The number of aromatic nitrogens is 1. The zero-order valence-corrected chi connectivity index (χ0v) is 15.3. The maximum Gasteiger partial charge on any atom is 0.280 e. The molecule has 0 saturated carbocycles. The van der Waals surface area contributed by atoms with Crippen molar-refractivity contribution in [3.63, 3.8) is 0 Å². The summed E-state index contributed by atoms with van der Waals surface area (Å²) in [5.74, 6) is 0.532. The molecule has 5 nitrogen and oxygen atoms in total. The Morgan fingerprint density at radius 3 is 2.65 bits per heavy atom. The molecule has 0 unspecified atom stereocenters. The van der Waals surface area contributed by atoms with Crippen molar-refractivity contribution in [1.82, 2.24) is 20.1 Å². The molecular weight excluding hydrogens is 308 g/mol. The number of thiazole rings is 1. The van der Waals surface area contributed by atoms with E-state index < -0.39 is 0 Å². The second-order valence-electron chi connectivity index (χ2n) is 7.10. The van der Waals surface area contributed by atoms with Crippen molar-refractivity contribution in [2.24, 2.45) is 5.92 Å². The van der Waals surface area contributed by atoms with Crippen LogP contribution in [0.1, 0.15) is 40.6 Å². The molecule has 0 radical (unpaired) electrons. The Morgan fingerprint density at radius 2 is 2.00 bits per heavy atom. The number of hydrogen-bond donors (Lipinski definition) is 1. The van der Waals surface area contributed by atoms with Crippen LogP contribution in [0.3, 0.4) is 0 Å². The average molecular weight is 337 g/mol. The van der Waals surface area contributed by atoms with Crippen LogP contribution >= 0.6 is 11.3 Å². The molecule has 1 aliphatic carbocycles. The molecule has 1 amide bonds. The third-order valence-electron chi connectivity index (χ3n) is 5.04. The van der Waals surface area contributed by atoms with E-state index in [1.54, 1.807) is 11.3 Å². The molecule has 1 aliphatic heterocycles. The highest BCUT2D eigenvalue weighted by Crippen LogP contribution is 2.27. The Labute approximate surface area is 143 Å². The minimum Gasteiger partial charge on any atom is -0.348 e. The smallest absolute Gasteiger partial charge is 0.280 e. The molecule has 0 aromatic carbocycles. The monoisotopic (exact) mass is 336 g/mol. The van der Waals surface area contributed by atoms with Gasteiger partial charge in [0.25, 0.3) is 5.91 Å². The number of fused-ring (bicyclic) bond motifs is 1. The molecular formula is C17H28N4OS. The third-order valence-corrected chi connectivity index (χ3v) is 6.19. The van der Waals surface area contributed by atoms with Crippen LogP contribution in [0, 0.1) is 5.92 Å². The topological polar surface area (TPSA) is 48.5 Å². The van der Waals surface area contributed by atoms with Crippen LogP contribution in [0.2, 0.25) is 0 Å². The standard InChI is InChI=1S/C17H28N4OS/c1-12(2)14(21-9-7-20(3)8-10-21)11-18-16(22)17-19-13-5-4-6-15(13)23-17/h12,14H,4-11H2,1-3H3,(H,18,22)/t14-/m0/s1. The highest BCUT2D eigenvalue weighted by atomic mass is 32.1. The number of amides is 1. The summed E-state index contributed by atoms with van der Waals surface area (Å²) in [5.41, 5.74) is 1.15. The van der Waals surface area contributed by atoms with E-state index in [0.29, 0.717) is 23.5 Å². The van der Waals surface area contributed by atoms with Gasteiger partial charge >= 0.3 is 0 Å². The largest absolute Gasteiger partial charge is 0.348 e. The number of piperazine rings is 1. The lowest BCUT2D eigenvalue weighted by molar-refractivity contribution is 0.0790. The number of carbonyl (C=O) groups excluding carboxylic acids is 1. The van der Waals surface area contributed by atoms with Crippen LogP contribution in [0.25, 0.3) is 0 Å². The minimum atomic E-state index is 0.00387. The van der Waals surface area contributed by atoms with Gasteiger partial charge in [0, 0.05) is 43.6 Å². The first kappa shape index (κ1) is 16.9. The summed E-state index contributed by atoms with van der Waals surface area (Å²) < 4.78 is 0. The van der Waals surface area contributed by atoms with Crippen LogP contribution in [-0.4, -0.2) is 66.5 Å². The van der Waals surface area contributed by atoms with Gasteiger partial charge in [0.2, 0.25) is 0 Å². The first-order valence-corrected chi connectivity index (χ1v) is 9.55. The van der Waals surface area contributed by atoms with E-state index in [-0.39, 0.29) is 5.91 Å². The summed E-state index contributed by atoms with van der Waals surface area (Å²) in [6.07, 6.45) is 3.32. The van der Waals surface area contributed by atoms with Gasteiger partial charge in [-0.1, -0.05) is 13.8 Å². The summed E-state index contributed by atoms with van der Waals surface area (Å²) in [6.45, 7) is 9.58. The fourth-order valence-corrected chi connectivity index (χ4v) is 4.57. The third kappa shape index (κ3) is 3.92. The van der Waals surface area contributed by atoms with Crippen LogP contribution in [0.15, 0.2) is 0 Å². The normalized spacial score (nSPS) is 20.7. The molecule has 128 valence electrons. The molecule has 1 atom stereocenters. The minimum absolute atomic E-state index is 0.00387. The van der Waals surface area contributed by atoms with Crippen LogP contribution in [0.5, 0.6) is 0 Å².